The fraction of sp³-hybridized carbons (Fsp3) is 0.286. The molecule has 0 saturated carbocycles. The van der Waals surface area contributed by atoms with E-state index in [0.29, 0.717) is 6.07 Å². The number of fused-ring (bicyclic) bond motifs is 1. The predicted molar refractivity (Wildman–Crippen MR) is 96.3 cm³/mol. The Kier molecular flexibility index (Phi) is 7.32. The lowest BCUT2D eigenvalue weighted by atomic mass is 10.1. The van der Waals surface area contributed by atoms with Gasteiger partial charge in [-0.25, -0.2) is 12.6 Å². The molecule has 0 aliphatic rings. The van der Waals surface area contributed by atoms with Gasteiger partial charge in [0, 0.05) is 5.39 Å². The number of sulfone groups is 1. The highest BCUT2D eigenvalue weighted by molar-refractivity contribution is 7.91. The lowest BCUT2D eigenvalue weighted by molar-refractivity contribution is 0.284. The number of phenols is 1. The number of aromatic hydroxyl groups is 1. The summed E-state index contributed by atoms with van der Waals surface area (Å²) in [7, 11) is -14.0. The van der Waals surface area contributed by atoms with E-state index in [1.165, 1.54) is 18.2 Å². The summed E-state index contributed by atoms with van der Waals surface area (Å²) in [6.07, 6.45) is 0. The van der Waals surface area contributed by atoms with E-state index in [1.54, 1.807) is 0 Å². The van der Waals surface area contributed by atoms with Crippen LogP contribution < -0.4 is 0 Å². The molecule has 10 nitrogen and oxygen atoms in total. The van der Waals surface area contributed by atoms with Gasteiger partial charge in [0.1, 0.15) is 5.75 Å². The van der Waals surface area contributed by atoms with Crippen molar-refractivity contribution in [1.82, 2.24) is 0 Å². The normalized spacial score (nSPS) is 12.4. The monoisotopic (exact) mass is 442 g/mol. The Labute approximate surface area is 157 Å². The van der Waals surface area contributed by atoms with Crippen LogP contribution in [-0.4, -0.2) is 51.8 Å². The SMILES string of the molecule is CC.O=S(=O)(O)OCCS(=O)(=O)c1cc(S(=O)(=O)O)cc2cccc(O)c12. The van der Waals surface area contributed by atoms with Crippen molar-refractivity contribution in [2.24, 2.45) is 0 Å². The van der Waals surface area contributed by atoms with Crippen molar-refractivity contribution in [3.63, 3.8) is 0 Å². The summed E-state index contributed by atoms with van der Waals surface area (Å²) in [6.45, 7) is 3.06. The molecule has 0 atom stereocenters. The van der Waals surface area contributed by atoms with Crippen molar-refractivity contribution in [2.75, 3.05) is 12.4 Å². The minimum Gasteiger partial charge on any atom is -0.507 e. The van der Waals surface area contributed by atoms with Gasteiger partial charge in [-0.3, -0.25) is 9.11 Å². The third kappa shape index (κ3) is 6.12. The predicted octanol–water partition coefficient (Wildman–Crippen LogP) is 1.41. The minimum absolute atomic E-state index is 0.0180. The van der Waals surface area contributed by atoms with Crippen LogP contribution in [0.1, 0.15) is 13.8 Å². The van der Waals surface area contributed by atoms with Crippen LogP contribution in [0, 0.1) is 0 Å². The summed E-state index contributed by atoms with van der Waals surface area (Å²) >= 11 is 0. The van der Waals surface area contributed by atoms with E-state index in [4.69, 9.17) is 9.11 Å². The van der Waals surface area contributed by atoms with Crippen molar-refractivity contribution in [2.45, 2.75) is 23.6 Å². The molecule has 3 N–H and O–H groups in total. The molecule has 27 heavy (non-hydrogen) atoms. The average Bonchev–Trinajstić information content (AvgIpc) is 2.53. The van der Waals surface area contributed by atoms with Crippen molar-refractivity contribution in [3.8, 4) is 5.75 Å². The van der Waals surface area contributed by atoms with Crippen LogP contribution in [0.5, 0.6) is 5.75 Å². The molecule has 152 valence electrons. The van der Waals surface area contributed by atoms with E-state index in [-0.39, 0.29) is 10.8 Å². The topological polar surface area (TPSA) is 172 Å². The Morgan fingerprint density at radius 1 is 0.963 bits per heavy atom. The van der Waals surface area contributed by atoms with Gasteiger partial charge in [-0.2, -0.15) is 16.8 Å². The van der Waals surface area contributed by atoms with E-state index in [2.05, 4.69) is 4.18 Å². The second kappa shape index (κ2) is 8.50. The largest absolute Gasteiger partial charge is 0.507 e. The molecular weight excluding hydrogens is 424 g/mol. The first-order valence-corrected chi connectivity index (χ1v) is 11.8. The van der Waals surface area contributed by atoms with Crippen LogP contribution in [0.3, 0.4) is 0 Å². The van der Waals surface area contributed by atoms with Gasteiger partial charge in [0.2, 0.25) is 0 Å². The van der Waals surface area contributed by atoms with E-state index in [9.17, 15) is 30.4 Å². The Bertz CT molecular complexity index is 1130. The molecule has 0 aromatic heterocycles. The number of benzene rings is 2. The molecular formula is C14H18O10S3. The second-order valence-electron chi connectivity index (χ2n) is 4.84. The van der Waals surface area contributed by atoms with Gasteiger partial charge in [0.15, 0.2) is 9.84 Å². The van der Waals surface area contributed by atoms with Gasteiger partial charge in [0.05, 0.1) is 22.2 Å². The molecule has 0 bridgehead atoms. The van der Waals surface area contributed by atoms with E-state index in [0.717, 1.165) is 6.07 Å². The summed E-state index contributed by atoms with van der Waals surface area (Å²) in [6, 6.07) is 5.43. The van der Waals surface area contributed by atoms with E-state index >= 15 is 0 Å². The molecule has 0 aliphatic carbocycles. The van der Waals surface area contributed by atoms with Crippen LogP contribution in [0.2, 0.25) is 0 Å². The highest BCUT2D eigenvalue weighted by atomic mass is 32.3. The van der Waals surface area contributed by atoms with Crippen molar-refractivity contribution in [3.05, 3.63) is 30.3 Å². The fourth-order valence-electron chi connectivity index (χ4n) is 2.10. The lowest BCUT2D eigenvalue weighted by Gasteiger charge is -2.11. The quantitative estimate of drug-likeness (QED) is 0.555. The molecule has 2 aromatic rings. The summed E-state index contributed by atoms with van der Waals surface area (Å²) in [5, 5.41) is 9.73. The summed E-state index contributed by atoms with van der Waals surface area (Å²) in [5.74, 6) is -1.40. The smallest absolute Gasteiger partial charge is 0.397 e. The molecule has 0 saturated heterocycles. The molecule has 0 fully saturated rings. The van der Waals surface area contributed by atoms with Crippen LogP contribution in [0.4, 0.5) is 0 Å². The molecule has 0 amide bonds. The van der Waals surface area contributed by atoms with E-state index in [1.807, 2.05) is 13.8 Å². The molecule has 0 aliphatic heterocycles. The average molecular weight is 442 g/mol. The first-order valence-electron chi connectivity index (χ1n) is 7.39. The van der Waals surface area contributed by atoms with Gasteiger partial charge in [-0.15, -0.1) is 0 Å². The summed E-state index contributed by atoms with van der Waals surface area (Å²) < 4.78 is 90.1. The zero-order chi connectivity index (χ0) is 21.0. The second-order valence-corrected chi connectivity index (χ2v) is 9.43. The molecule has 0 spiro atoms. The molecule has 2 rings (SSSR count). The number of hydrogen-bond donors (Lipinski definition) is 3. The summed E-state index contributed by atoms with van der Waals surface area (Å²) in [5.41, 5.74) is 0. The third-order valence-electron chi connectivity index (χ3n) is 3.11. The maximum atomic E-state index is 12.4. The zero-order valence-corrected chi connectivity index (χ0v) is 16.7. The lowest BCUT2D eigenvalue weighted by Crippen LogP contribution is -2.16. The Balaban J connectivity index is 0.00000176. The number of phenolic OH excluding ortho intramolecular Hbond substituents is 1. The maximum Gasteiger partial charge on any atom is 0.397 e. The van der Waals surface area contributed by atoms with Crippen molar-refractivity contribution < 1.29 is 43.6 Å². The van der Waals surface area contributed by atoms with Gasteiger partial charge >= 0.3 is 10.4 Å². The Morgan fingerprint density at radius 2 is 1.56 bits per heavy atom. The molecule has 0 radical (unpaired) electrons. The van der Waals surface area contributed by atoms with Crippen LogP contribution in [-0.2, 0) is 34.5 Å². The van der Waals surface area contributed by atoms with Gasteiger partial charge in [-0.05, 0) is 23.6 Å². The third-order valence-corrected chi connectivity index (χ3v) is 6.10. The van der Waals surface area contributed by atoms with Gasteiger partial charge < -0.3 is 5.11 Å². The number of hydrogen-bond acceptors (Lipinski definition) is 8. The zero-order valence-electron chi connectivity index (χ0n) is 14.2. The first kappa shape index (κ1) is 23.3. The fourth-order valence-corrected chi connectivity index (χ4v) is 4.48. The highest BCUT2D eigenvalue weighted by Gasteiger charge is 2.24. The minimum atomic E-state index is -4.86. The molecule has 0 heterocycles. The van der Waals surface area contributed by atoms with Gasteiger partial charge in [-0.1, -0.05) is 26.0 Å². The molecule has 2 aromatic carbocycles. The first-order chi connectivity index (χ1) is 12.3. The highest BCUT2D eigenvalue weighted by Crippen LogP contribution is 2.34. The molecule has 13 heteroatoms. The van der Waals surface area contributed by atoms with Crippen LogP contribution in [0.25, 0.3) is 10.8 Å². The van der Waals surface area contributed by atoms with Crippen LogP contribution in [0.15, 0.2) is 40.1 Å². The van der Waals surface area contributed by atoms with Crippen molar-refractivity contribution >= 4 is 41.1 Å². The Hall–Kier alpha value is -1.77. The molecule has 0 unspecified atom stereocenters. The Morgan fingerprint density at radius 3 is 2.07 bits per heavy atom. The van der Waals surface area contributed by atoms with Crippen LogP contribution >= 0.6 is 0 Å². The summed E-state index contributed by atoms with van der Waals surface area (Å²) in [4.78, 5) is -1.37. The standard InChI is InChI=1S/C12H12O10S3.C2H6/c13-10-3-1-2-8-6-9(24(16,17)18)7-11(12(8)10)23(14,15)5-4-22-25(19,20)21;1-2/h1-3,6-7,13H,4-5H2,(H,16,17,18)(H,19,20,21);1-2H3. The van der Waals surface area contributed by atoms with E-state index < -0.39 is 58.3 Å². The van der Waals surface area contributed by atoms with Crippen molar-refractivity contribution in [1.29, 1.82) is 0 Å². The number of rotatable bonds is 6. The maximum absolute atomic E-state index is 12.4. The van der Waals surface area contributed by atoms with Gasteiger partial charge in [0.25, 0.3) is 10.1 Å².